The van der Waals surface area contributed by atoms with E-state index in [0.717, 1.165) is 31.2 Å². The highest BCUT2D eigenvalue weighted by Gasteiger charge is 2.34. The molecule has 0 saturated heterocycles. The maximum atomic E-state index is 13.1. The van der Waals surface area contributed by atoms with Crippen molar-refractivity contribution in [1.29, 1.82) is 0 Å². The normalized spacial score (nSPS) is 13.6. The zero-order chi connectivity index (χ0) is 25.5. The smallest absolute Gasteiger partial charge is 0.254 e. The van der Waals surface area contributed by atoms with Crippen LogP contribution >= 0.6 is 11.3 Å². The van der Waals surface area contributed by atoms with Crippen LogP contribution in [0.2, 0.25) is 0 Å². The van der Waals surface area contributed by atoms with E-state index in [1.807, 2.05) is 50.2 Å². The molecule has 1 atom stereocenters. The number of thiazole rings is 1. The van der Waals surface area contributed by atoms with Gasteiger partial charge in [0.15, 0.2) is 5.13 Å². The van der Waals surface area contributed by atoms with Gasteiger partial charge in [-0.05, 0) is 56.7 Å². The monoisotopic (exact) mass is 504 g/mol. The molecular formula is C28H32N4O3S. The minimum atomic E-state index is -0.288. The van der Waals surface area contributed by atoms with Crippen LogP contribution in [-0.2, 0) is 22.4 Å². The number of nitrogens with zero attached hydrogens (tertiary/aromatic N) is 2. The van der Waals surface area contributed by atoms with Crippen LogP contribution in [0, 0.1) is 6.92 Å². The van der Waals surface area contributed by atoms with Crippen LogP contribution in [-0.4, -0.2) is 46.2 Å². The van der Waals surface area contributed by atoms with Gasteiger partial charge >= 0.3 is 0 Å². The van der Waals surface area contributed by atoms with Gasteiger partial charge in [0, 0.05) is 23.0 Å². The number of anilines is 1. The van der Waals surface area contributed by atoms with Gasteiger partial charge in [-0.1, -0.05) is 48.5 Å². The molecular weight excluding hydrogens is 472 g/mol. The highest BCUT2D eigenvalue weighted by atomic mass is 32.1. The fourth-order valence-corrected chi connectivity index (χ4v) is 4.80. The summed E-state index contributed by atoms with van der Waals surface area (Å²) < 4.78 is 0. The third-order valence-corrected chi connectivity index (χ3v) is 7.00. The molecule has 3 aromatic rings. The van der Waals surface area contributed by atoms with Gasteiger partial charge in [0.25, 0.3) is 5.91 Å². The Bertz CT molecular complexity index is 1210. The second kappa shape index (κ2) is 11.9. The molecule has 2 aromatic carbocycles. The van der Waals surface area contributed by atoms with Gasteiger partial charge in [0.05, 0.1) is 12.1 Å². The van der Waals surface area contributed by atoms with Crippen molar-refractivity contribution in [3.8, 4) is 0 Å². The molecule has 188 valence electrons. The first-order chi connectivity index (χ1) is 17.4. The standard InChI is InChI=1S/C28H32N4O3S/c1-19-8-6-7-11-24(19)27(35)32(23-14-15-23)17-26(34)31-28-30-22(18-36-28)16-25(33)29-20(2)12-13-21-9-4-3-5-10-21/h3-11,18,20,23H,12-17H2,1-2H3,(H,29,33)(H,30,31,34). The Morgan fingerprint density at radius 2 is 1.78 bits per heavy atom. The lowest BCUT2D eigenvalue weighted by atomic mass is 10.1. The predicted octanol–water partition coefficient (Wildman–Crippen LogP) is 4.37. The van der Waals surface area contributed by atoms with Crippen molar-refractivity contribution >= 4 is 34.2 Å². The van der Waals surface area contributed by atoms with E-state index in [1.165, 1.54) is 16.9 Å². The van der Waals surface area contributed by atoms with Crippen molar-refractivity contribution in [2.45, 2.75) is 58.0 Å². The number of nitrogens with one attached hydrogen (secondary N) is 2. The molecule has 1 aromatic heterocycles. The van der Waals surface area contributed by atoms with E-state index in [-0.39, 0.29) is 42.8 Å². The Hall–Kier alpha value is -3.52. The van der Waals surface area contributed by atoms with E-state index >= 15 is 0 Å². The Balaban J connectivity index is 1.25. The summed E-state index contributed by atoms with van der Waals surface area (Å²) in [6.45, 7) is 3.87. The number of aryl methyl sites for hydroxylation is 2. The number of hydrogen-bond donors (Lipinski definition) is 2. The first kappa shape index (κ1) is 25.6. The molecule has 4 rings (SSSR count). The van der Waals surface area contributed by atoms with E-state index in [4.69, 9.17) is 0 Å². The van der Waals surface area contributed by atoms with Crippen LogP contribution in [0.25, 0.3) is 0 Å². The summed E-state index contributed by atoms with van der Waals surface area (Å²) in [5.41, 5.74) is 3.38. The average molecular weight is 505 g/mol. The van der Waals surface area contributed by atoms with E-state index in [9.17, 15) is 14.4 Å². The second-order valence-corrected chi connectivity index (χ2v) is 10.2. The molecule has 1 unspecified atom stereocenters. The topological polar surface area (TPSA) is 91.4 Å². The van der Waals surface area contributed by atoms with Gasteiger partial charge in [0.2, 0.25) is 11.8 Å². The van der Waals surface area contributed by atoms with E-state index in [2.05, 4.69) is 27.8 Å². The molecule has 2 N–H and O–H groups in total. The molecule has 0 aliphatic heterocycles. The Kier molecular flexibility index (Phi) is 8.48. The van der Waals surface area contributed by atoms with Gasteiger partial charge in [0.1, 0.15) is 6.54 Å². The Labute approximate surface area is 215 Å². The summed E-state index contributed by atoms with van der Waals surface area (Å²) in [4.78, 5) is 44.3. The Morgan fingerprint density at radius 3 is 2.50 bits per heavy atom. The van der Waals surface area contributed by atoms with Gasteiger partial charge in [-0.3, -0.25) is 14.4 Å². The van der Waals surface area contributed by atoms with Crippen LogP contribution in [0.3, 0.4) is 0 Å². The summed E-state index contributed by atoms with van der Waals surface area (Å²) in [6, 6.07) is 17.8. The highest BCUT2D eigenvalue weighted by Crippen LogP contribution is 2.29. The van der Waals surface area contributed by atoms with Crippen LogP contribution in [0.1, 0.15) is 53.4 Å². The molecule has 8 heteroatoms. The predicted molar refractivity (Wildman–Crippen MR) is 142 cm³/mol. The number of carbonyl (C=O) groups excluding carboxylic acids is 3. The minimum absolute atomic E-state index is 0.0217. The summed E-state index contributed by atoms with van der Waals surface area (Å²) in [7, 11) is 0. The lowest BCUT2D eigenvalue weighted by Gasteiger charge is -2.22. The van der Waals surface area contributed by atoms with Gasteiger partial charge in [-0.15, -0.1) is 11.3 Å². The molecule has 1 aliphatic rings. The summed E-state index contributed by atoms with van der Waals surface area (Å²) >= 11 is 1.28. The molecule has 36 heavy (non-hydrogen) atoms. The van der Waals surface area contributed by atoms with Crippen molar-refractivity contribution in [3.63, 3.8) is 0 Å². The lowest BCUT2D eigenvalue weighted by molar-refractivity contribution is -0.121. The maximum Gasteiger partial charge on any atom is 0.254 e. The molecule has 1 saturated carbocycles. The van der Waals surface area contributed by atoms with Crippen molar-refractivity contribution in [2.24, 2.45) is 0 Å². The molecule has 0 bridgehead atoms. The van der Waals surface area contributed by atoms with Crippen molar-refractivity contribution < 1.29 is 14.4 Å². The van der Waals surface area contributed by atoms with Gasteiger partial charge in [-0.25, -0.2) is 4.98 Å². The highest BCUT2D eigenvalue weighted by molar-refractivity contribution is 7.13. The zero-order valence-corrected chi connectivity index (χ0v) is 21.5. The SMILES string of the molecule is Cc1ccccc1C(=O)N(CC(=O)Nc1nc(CC(=O)NC(C)CCc2ccccc2)cs1)C1CC1. The van der Waals surface area contributed by atoms with Crippen molar-refractivity contribution in [1.82, 2.24) is 15.2 Å². The lowest BCUT2D eigenvalue weighted by Crippen LogP contribution is -2.39. The molecule has 1 aliphatic carbocycles. The fraction of sp³-hybridized carbons (Fsp3) is 0.357. The van der Waals surface area contributed by atoms with Crippen LogP contribution in [0.4, 0.5) is 5.13 Å². The zero-order valence-electron chi connectivity index (χ0n) is 20.7. The van der Waals surface area contributed by atoms with Gasteiger partial charge < -0.3 is 15.5 Å². The summed E-state index contributed by atoms with van der Waals surface area (Å²) in [6.07, 6.45) is 3.73. The third kappa shape index (κ3) is 7.24. The number of benzene rings is 2. The molecule has 1 heterocycles. The number of amides is 3. The first-order valence-electron chi connectivity index (χ1n) is 12.3. The van der Waals surface area contributed by atoms with E-state index in [1.54, 1.807) is 16.3 Å². The molecule has 0 spiro atoms. The number of carbonyl (C=O) groups is 3. The maximum absolute atomic E-state index is 13.1. The molecule has 7 nitrogen and oxygen atoms in total. The van der Waals surface area contributed by atoms with Crippen LogP contribution in [0.5, 0.6) is 0 Å². The summed E-state index contributed by atoms with van der Waals surface area (Å²) in [5.74, 6) is -0.505. The number of aromatic nitrogens is 1. The van der Waals surface area contributed by atoms with Crippen LogP contribution in [0.15, 0.2) is 60.0 Å². The fourth-order valence-electron chi connectivity index (χ4n) is 4.07. The first-order valence-corrected chi connectivity index (χ1v) is 13.2. The minimum Gasteiger partial charge on any atom is -0.353 e. The molecule has 3 amide bonds. The largest absolute Gasteiger partial charge is 0.353 e. The molecule has 0 radical (unpaired) electrons. The number of hydrogen-bond acceptors (Lipinski definition) is 5. The van der Waals surface area contributed by atoms with Crippen LogP contribution < -0.4 is 10.6 Å². The molecule has 1 fully saturated rings. The van der Waals surface area contributed by atoms with E-state index < -0.39 is 0 Å². The average Bonchev–Trinajstić information content (AvgIpc) is 3.62. The van der Waals surface area contributed by atoms with Gasteiger partial charge in [-0.2, -0.15) is 0 Å². The van der Waals surface area contributed by atoms with Crippen molar-refractivity contribution in [3.05, 3.63) is 82.4 Å². The second-order valence-electron chi connectivity index (χ2n) is 9.34. The number of rotatable bonds is 11. The Morgan fingerprint density at radius 1 is 1.06 bits per heavy atom. The third-order valence-electron chi connectivity index (χ3n) is 6.19. The quantitative estimate of drug-likeness (QED) is 0.406. The summed E-state index contributed by atoms with van der Waals surface area (Å²) in [5, 5.41) is 8.02. The van der Waals surface area contributed by atoms with E-state index in [0.29, 0.717) is 16.4 Å². The van der Waals surface area contributed by atoms with Crippen molar-refractivity contribution in [2.75, 3.05) is 11.9 Å².